The minimum Gasteiger partial charge on any atom is -0.483 e. The zero-order chi connectivity index (χ0) is 14.7. The van der Waals surface area contributed by atoms with E-state index >= 15 is 0 Å². The number of benzene rings is 1. The monoisotopic (exact) mass is 345 g/mol. The summed E-state index contributed by atoms with van der Waals surface area (Å²) >= 11 is 3.13. The van der Waals surface area contributed by atoms with Gasteiger partial charge in [-0.15, -0.1) is 0 Å². The smallest absolute Gasteiger partial charge is 0.323 e. The topological polar surface area (TPSA) is 66.8 Å². The van der Waals surface area contributed by atoms with E-state index in [0.29, 0.717) is 10.2 Å². The van der Waals surface area contributed by atoms with Gasteiger partial charge >= 0.3 is 5.97 Å². The molecule has 1 aliphatic carbocycles. The lowest BCUT2D eigenvalue weighted by molar-refractivity contribution is -0.145. The molecule has 0 aromatic heterocycles. The summed E-state index contributed by atoms with van der Waals surface area (Å²) in [5.74, 6) is -1.51. The standard InChI is InChI=1S/C13H13BrFNO4/c14-10-5-8(15)1-4-11(10)20-7-12(17)16(6-13(18)19)9-2-3-9/h1,4-5,9H,2-3,6-7H2,(H,18,19). The van der Waals surface area contributed by atoms with E-state index in [9.17, 15) is 14.0 Å². The number of ether oxygens (including phenoxy) is 1. The number of halogens is 2. The van der Waals surface area contributed by atoms with Crippen LogP contribution in [0.25, 0.3) is 0 Å². The molecule has 1 N–H and O–H groups in total. The fourth-order valence-electron chi connectivity index (χ4n) is 1.77. The third-order valence-corrected chi connectivity index (χ3v) is 3.48. The number of carbonyl (C=O) groups excluding carboxylic acids is 1. The lowest BCUT2D eigenvalue weighted by Gasteiger charge is -2.20. The van der Waals surface area contributed by atoms with Crippen molar-refractivity contribution in [3.05, 3.63) is 28.5 Å². The molecular weight excluding hydrogens is 333 g/mol. The number of hydrogen-bond acceptors (Lipinski definition) is 3. The molecule has 0 spiro atoms. The summed E-state index contributed by atoms with van der Waals surface area (Å²) in [6.07, 6.45) is 1.64. The van der Waals surface area contributed by atoms with E-state index in [1.54, 1.807) is 0 Å². The number of nitrogens with zero attached hydrogens (tertiary/aromatic N) is 1. The molecule has 5 nitrogen and oxygen atoms in total. The van der Waals surface area contributed by atoms with Gasteiger partial charge in [0, 0.05) is 6.04 Å². The largest absolute Gasteiger partial charge is 0.483 e. The molecule has 1 aliphatic rings. The van der Waals surface area contributed by atoms with Crippen LogP contribution in [0.3, 0.4) is 0 Å². The first-order valence-corrected chi connectivity index (χ1v) is 6.86. The maximum atomic E-state index is 12.9. The van der Waals surface area contributed by atoms with E-state index in [4.69, 9.17) is 9.84 Å². The molecule has 1 aromatic rings. The van der Waals surface area contributed by atoms with Gasteiger partial charge in [0.2, 0.25) is 0 Å². The molecule has 1 aromatic carbocycles. The van der Waals surface area contributed by atoms with Gasteiger partial charge < -0.3 is 14.7 Å². The maximum absolute atomic E-state index is 12.9. The fraction of sp³-hybridized carbons (Fsp3) is 0.385. The van der Waals surface area contributed by atoms with Crippen molar-refractivity contribution in [2.45, 2.75) is 18.9 Å². The highest BCUT2D eigenvalue weighted by molar-refractivity contribution is 9.10. The van der Waals surface area contributed by atoms with E-state index in [-0.39, 0.29) is 25.1 Å². The Kier molecular flexibility index (Phi) is 4.59. The average molecular weight is 346 g/mol. The minimum absolute atomic E-state index is 0.00106. The maximum Gasteiger partial charge on any atom is 0.323 e. The van der Waals surface area contributed by atoms with E-state index in [1.165, 1.54) is 23.1 Å². The molecule has 0 aliphatic heterocycles. The Morgan fingerprint density at radius 1 is 1.45 bits per heavy atom. The number of carboxylic acid groups (broad SMARTS) is 1. The van der Waals surface area contributed by atoms with Gasteiger partial charge in [-0.05, 0) is 47.0 Å². The van der Waals surface area contributed by atoms with Crippen molar-refractivity contribution >= 4 is 27.8 Å². The summed E-state index contributed by atoms with van der Waals surface area (Å²) in [5.41, 5.74) is 0. The van der Waals surface area contributed by atoms with Crippen molar-refractivity contribution in [3.8, 4) is 5.75 Å². The average Bonchev–Trinajstić information content (AvgIpc) is 3.18. The highest BCUT2D eigenvalue weighted by Crippen LogP contribution is 2.28. The normalized spacial score (nSPS) is 13.9. The molecule has 108 valence electrons. The molecule has 0 radical (unpaired) electrons. The van der Waals surface area contributed by atoms with E-state index in [1.807, 2.05) is 0 Å². The number of rotatable bonds is 6. The van der Waals surface area contributed by atoms with Crippen LogP contribution in [0.5, 0.6) is 5.75 Å². The van der Waals surface area contributed by atoms with E-state index < -0.39 is 11.8 Å². The summed E-state index contributed by atoms with van der Waals surface area (Å²) in [7, 11) is 0. The van der Waals surface area contributed by atoms with Gasteiger partial charge in [0.15, 0.2) is 6.61 Å². The summed E-state index contributed by atoms with van der Waals surface area (Å²) in [6.45, 7) is -0.592. The molecule has 0 atom stereocenters. The Morgan fingerprint density at radius 2 is 2.15 bits per heavy atom. The summed E-state index contributed by atoms with van der Waals surface area (Å²) in [5, 5.41) is 8.79. The second-order valence-corrected chi connectivity index (χ2v) is 5.36. The van der Waals surface area contributed by atoms with Gasteiger partial charge in [0.05, 0.1) is 4.47 Å². The van der Waals surface area contributed by atoms with Crippen molar-refractivity contribution in [1.29, 1.82) is 0 Å². The van der Waals surface area contributed by atoms with Gasteiger partial charge in [-0.2, -0.15) is 0 Å². The highest BCUT2D eigenvalue weighted by Gasteiger charge is 2.33. The van der Waals surface area contributed by atoms with Crippen LogP contribution in [0.2, 0.25) is 0 Å². The molecule has 7 heteroatoms. The fourth-order valence-corrected chi connectivity index (χ4v) is 2.23. The molecule has 0 bridgehead atoms. The first kappa shape index (κ1) is 14.8. The van der Waals surface area contributed by atoms with Gasteiger partial charge in [-0.25, -0.2) is 4.39 Å². The van der Waals surface area contributed by atoms with Crippen LogP contribution in [-0.2, 0) is 9.59 Å². The zero-order valence-electron chi connectivity index (χ0n) is 10.5. The minimum atomic E-state index is -1.05. The predicted molar refractivity (Wildman–Crippen MR) is 72.0 cm³/mol. The molecule has 1 amide bonds. The Balaban J connectivity index is 1.94. The Hall–Kier alpha value is -1.63. The highest BCUT2D eigenvalue weighted by atomic mass is 79.9. The van der Waals surface area contributed by atoms with E-state index in [0.717, 1.165) is 12.8 Å². The number of amides is 1. The Morgan fingerprint density at radius 3 is 2.70 bits per heavy atom. The van der Waals surface area contributed by atoms with Crippen molar-refractivity contribution in [3.63, 3.8) is 0 Å². The van der Waals surface area contributed by atoms with Crippen molar-refractivity contribution < 1.29 is 23.8 Å². The number of carbonyl (C=O) groups is 2. The first-order chi connectivity index (χ1) is 9.47. The van der Waals surface area contributed by atoms with E-state index in [2.05, 4.69) is 15.9 Å². The van der Waals surface area contributed by atoms with Crippen LogP contribution in [0, 0.1) is 5.82 Å². The summed E-state index contributed by atoms with van der Waals surface area (Å²) in [6, 6.07) is 3.86. The molecule has 20 heavy (non-hydrogen) atoms. The van der Waals surface area contributed by atoms with Crippen LogP contribution >= 0.6 is 15.9 Å². The van der Waals surface area contributed by atoms with Crippen molar-refractivity contribution in [1.82, 2.24) is 4.90 Å². The van der Waals surface area contributed by atoms with Crippen LogP contribution in [0.1, 0.15) is 12.8 Å². The molecule has 0 unspecified atom stereocenters. The third kappa shape index (κ3) is 3.93. The van der Waals surface area contributed by atoms with Gasteiger partial charge in [0.1, 0.15) is 18.1 Å². The molecule has 1 saturated carbocycles. The van der Waals surface area contributed by atoms with Gasteiger partial charge in [-0.3, -0.25) is 9.59 Å². The zero-order valence-corrected chi connectivity index (χ0v) is 12.1. The Bertz CT molecular complexity index is 533. The Labute approximate surface area is 123 Å². The molecule has 0 heterocycles. The second kappa shape index (κ2) is 6.21. The summed E-state index contributed by atoms with van der Waals surface area (Å²) < 4.78 is 18.6. The number of aliphatic carboxylic acids is 1. The predicted octanol–water partition coefficient (Wildman–Crippen LogP) is 2.04. The molecular formula is C13H13BrFNO4. The van der Waals surface area contributed by atoms with Gasteiger partial charge in [0.25, 0.3) is 5.91 Å². The molecule has 2 rings (SSSR count). The van der Waals surface area contributed by atoms with Crippen LogP contribution < -0.4 is 4.74 Å². The first-order valence-electron chi connectivity index (χ1n) is 6.06. The van der Waals surface area contributed by atoms with Gasteiger partial charge in [-0.1, -0.05) is 0 Å². The lowest BCUT2D eigenvalue weighted by Crippen LogP contribution is -2.40. The molecule has 1 fully saturated rings. The number of carboxylic acids is 1. The lowest BCUT2D eigenvalue weighted by atomic mass is 10.3. The second-order valence-electron chi connectivity index (χ2n) is 4.51. The van der Waals surface area contributed by atoms with Crippen molar-refractivity contribution in [2.75, 3.05) is 13.2 Å². The third-order valence-electron chi connectivity index (χ3n) is 2.86. The van der Waals surface area contributed by atoms with Crippen LogP contribution in [0.4, 0.5) is 4.39 Å². The molecule has 0 saturated heterocycles. The van der Waals surface area contributed by atoms with Crippen LogP contribution in [-0.4, -0.2) is 41.1 Å². The number of hydrogen-bond donors (Lipinski definition) is 1. The van der Waals surface area contributed by atoms with Crippen LogP contribution in [0.15, 0.2) is 22.7 Å². The SMILES string of the molecule is O=C(O)CN(C(=O)COc1ccc(F)cc1Br)C1CC1. The quantitative estimate of drug-likeness (QED) is 0.856. The van der Waals surface area contributed by atoms with Crippen molar-refractivity contribution in [2.24, 2.45) is 0 Å². The summed E-state index contributed by atoms with van der Waals surface area (Å²) in [4.78, 5) is 24.0.